The van der Waals surface area contributed by atoms with Crippen molar-refractivity contribution >= 4 is 30.9 Å². The van der Waals surface area contributed by atoms with Crippen LogP contribution in [0.25, 0.3) is 5.57 Å². The number of phenols is 1. The monoisotopic (exact) mass is 493 g/mol. The van der Waals surface area contributed by atoms with Gasteiger partial charge in [-0.05, 0) is 95.3 Å². The molecule has 0 aliphatic carbocycles. The Labute approximate surface area is 211 Å². The van der Waals surface area contributed by atoms with E-state index in [-0.39, 0.29) is 24.5 Å². The first-order chi connectivity index (χ1) is 17.0. The largest absolute Gasteiger partial charge is 0.508 e. The molecule has 189 valence electrons. The molecule has 0 saturated carbocycles. The quantitative estimate of drug-likeness (QED) is 0.430. The zero-order valence-electron chi connectivity index (χ0n) is 22.0. The molecule has 1 aromatic heterocycles. The van der Waals surface area contributed by atoms with E-state index in [2.05, 4.69) is 0 Å². The van der Waals surface area contributed by atoms with Crippen LogP contribution >= 0.6 is 0 Å². The Hall–Kier alpha value is -3.62. The zero-order chi connectivity index (χ0) is 26.9. The van der Waals surface area contributed by atoms with Crippen LogP contribution in [0.4, 0.5) is 4.32 Å². The lowest BCUT2D eigenvalue weighted by Crippen LogP contribution is -2.13. The summed E-state index contributed by atoms with van der Waals surface area (Å²) in [6, 6.07) is 3.22. The van der Waals surface area contributed by atoms with Crippen LogP contribution in [0.3, 0.4) is 0 Å². The number of esters is 2. The van der Waals surface area contributed by atoms with Gasteiger partial charge in [-0.2, -0.15) is 0 Å². The van der Waals surface area contributed by atoms with Crippen molar-refractivity contribution in [1.82, 2.24) is 4.48 Å². The third kappa shape index (κ3) is 4.50. The van der Waals surface area contributed by atoms with Crippen LogP contribution in [0.5, 0.6) is 5.75 Å². The number of halogens is 1. The van der Waals surface area contributed by atoms with Crippen molar-refractivity contribution in [2.45, 2.75) is 55.4 Å². The second kappa shape index (κ2) is 10.6. The number of hydrogen-bond acceptors (Lipinski definition) is 6. The summed E-state index contributed by atoms with van der Waals surface area (Å²) in [7, 11) is 0.406. The van der Waals surface area contributed by atoms with Crippen molar-refractivity contribution in [3.05, 3.63) is 68.2 Å². The Morgan fingerprint density at radius 1 is 0.972 bits per heavy atom. The molecule has 0 unspecified atom stereocenters. The molecule has 1 N–H and O–H groups in total. The van der Waals surface area contributed by atoms with E-state index in [1.807, 2.05) is 13.8 Å². The van der Waals surface area contributed by atoms with Crippen molar-refractivity contribution < 1.29 is 28.5 Å². The highest BCUT2D eigenvalue weighted by atomic mass is 19.1. The summed E-state index contributed by atoms with van der Waals surface area (Å²) < 4.78 is 26.3. The molecule has 7 nitrogen and oxygen atoms in total. The van der Waals surface area contributed by atoms with Crippen molar-refractivity contribution in [2.75, 3.05) is 13.2 Å². The fourth-order valence-electron chi connectivity index (χ4n) is 4.92. The van der Waals surface area contributed by atoms with Gasteiger partial charge in [0.1, 0.15) is 5.75 Å². The molecule has 0 amide bonds. The van der Waals surface area contributed by atoms with E-state index in [9.17, 15) is 19.0 Å². The molecule has 9 heteroatoms. The first-order valence-electron chi connectivity index (χ1n) is 11.8. The predicted molar refractivity (Wildman–Crippen MR) is 138 cm³/mol. The molecular formula is C27H31BFN2O5. The first-order valence-corrected chi connectivity index (χ1v) is 11.8. The summed E-state index contributed by atoms with van der Waals surface area (Å²) in [6.45, 7) is 14.4. The smallest absolute Gasteiger partial charge is 0.495 e. The van der Waals surface area contributed by atoms with Crippen LogP contribution in [-0.2, 0) is 14.3 Å². The second-order valence-electron chi connectivity index (χ2n) is 8.72. The van der Waals surface area contributed by atoms with Gasteiger partial charge in [-0.25, -0.2) is 9.59 Å². The number of carbonyl (C=O) groups is 2. The number of ether oxygens (including phenoxy) is 2. The zero-order valence-corrected chi connectivity index (χ0v) is 22.0. The average Bonchev–Trinajstić information content (AvgIpc) is 3.22. The summed E-state index contributed by atoms with van der Waals surface area (Å²) in [5.41, 5.74) is 6.12. The maximum atomic E-state index is 14.5. The van der Waals surface area contributed by atoms with E-state index in [0.29, 0.717) is 58.3 Å². The lowest BCUT2D eigenvalue weighted by Gasteiger charge is -2.20. The molecule has 36 heavy (non-hydrogen) atoms. The number of hydrogen-bond donors (Lipinski definition) is 1. The maximum absolute atomic E-state index is 14.5. The molecule has 0 fully saturated rings. The highest BCUT2D eigenvalue weighted by Crippen LogP contribution is 2.42. The molecule has 2 aromatic rings. The van der Waals surface area contributed by atoms with Crippen molar-refractivity contribution in [2.24, 2.45) is 4.99 Å². The van der Waals surface area contributed by atoms with E-state index >= 15 is 0 Å². The molecular weight excluding hydrogens is 462 g/mol. The highest BCUT2D eigenvalue weighted by Gasteiger charge is 2.33. The van der Waals surface area contributed by atoms with Gasteiger partial charge in [-0.1, -0.05) is 0 Å². The molecule has 0 bridgehead atoms. The Morgan fingerprint density at radius 2 is 1.53 bits per heavy atom. The molecule has 1 radical (unpaired) electrons. The van der Waals surface area contributed by atoms with Gasteiger partial charge in [0.15, 0.2) is 0 Å². The van der Waals surface area contributed by atoms with Gasteiger partial charge < -0.3 is 23.4 Å². The molecule has 3 rings (SSSR count). The van der Waals surface area contributed by atoms with Gasteiger partial charge in [-0.15, -0.1) is 0 Å². The molecule has 2 heterocycles. The average molecular weight is 493 g/mol. The Balaban J connectivity index is 2.53. The molecule has 1 aromatic carbocycles. The number of aliphatic imine (C=N–C) groups is 1. The number of rotatable bonds is 7. The van der Waals surface area contributed by atoms with E-state index in [4.69, 9.17) is 14.5 Å². The number of aryl methyl sites for hydroxylation is 2. The summed E-state index contributed by atoms with van der Waals surface area (Å²) >= 11 is 0. The van der Waals surface area contributed by atoms with Crippen molar-refractivity contribution in [1.29, 1.82) is 0 Å². The van der Waals surface area contributed by atoms with Gasteiger partial charge in [0.2, 0.25) is 0 Å². The van der Waals surface area contributed by atoms with Crippen LogP contribution in [-0.4, -0.2) is 48.1 Å². The topological polar surface area (TPSA) is 90.1 Å². The highest BCUT2D eigenvalue weighted by molar-refractivity contribution is 6.27. The molecule has 1 aliphatic rings. The van der Waals surface area contributed by atoms with E-state index < -0.39 is 11.9 Å². The van der Waals surface area contributed by atoms with E-state index in [1.165, 1.54) is 4.48 Å². The number of benzene rings is 1. The number of aromatic hydroxyl groups is 1. The van der Waals surface area contributed by atoms with Gasteiger partial charge in [0.25, 0.3) is 0 Å². The standard InChI is InChI=1S/C27H31BFN2O5/c1-9-35-26(33)21-15(5)24(30-17(21)7)23(20-13(3)11-19(32)12-14(20)4)25-16(6)22(27(34)36-10-2)18(8)31(25)28-29/h11-12,32H,9-10H2,1-8H3/b24-23-. The van der Waals surface area contributed by atoms with Crippen LogP contribution in [0.1, 0.15) is 71.7 Å². The minimum Gasteiger partial charge on any atom is -0.508 e. The molecule has 0 saturated heterocycles. The lowest BCUT2D eigenvalue weighted by molar-refractivity contribution is -0.137. The number of phenolic OH excluding ortho intramolecular Hbond substituents is 1. The maximum Gasteiger partial charge on any atom is 0.495 e. The van der Waals surface area contributed by atoms with Gasteiger partial charge in [-0.3, -0.25) is 4.99 Å². The van der Waals surface area contributed by atoms with Crippen molar-refractivity contribution in [3.63, 3.8) is 0 Å². The summed E-state index contributed by atoms with van der Waals surface area (Å²) in [6.07, 6.45) is 0. The summed E-state index contributed by atoms with van der Waals surface area (Å²) in [4.78, 5) is 30.3. The summed E-state index contributed by atoms with van der Waals surface area (Å²) in [5, 5.41) is 10.2. The SMILES string of the molecule is CCOC(=O)C1=C(C)/C(=C(\c2c(C)cc(O)cc2C)c2c(C)c(C(=O)OCC)c(C)n2[B]F)N=C1C. The first kappa shape index (κ1) is 27.0. The summed E-state index contributed by atoms with van der Waals surface area (Å²) in [5.74, 6) is -0.947. The third-order valence-electron chi connectivity index (χ3n) is 6.36. The Morgan fingerprint density at radius 3 is 2.06 bits per heavy atom. The Kier molecular flexibility index (Phi) is 7.91. The van der Waals surface area contributed by atoms with Crippen LogP contribution in [0, 0.1) is 27.7 Å². The molecule has 0 spiro atoms. The van der Waals surface area contributed by atoms with Gasteiger partial charge in [0.05, 0.1) is 35.8 Å². The minimum atomic E-state index is -0.552. The van der Waals surface area contributed by atoms with E-state index in [0.717, 1.165) is 11.1 Å². The minimum absolute atomic E-state index is 0.0937. The van der Waals surface area contributed by atoms with Gasteiger partial charge in [0, 0.05) is 17.0 Å². The van der Waals surface area contributed by atoms with E-state index in [1.54, 1.807) is 53.7 Å². The number of allylic oxidation sites excluding steroid dienone is 1. The Bertz CT molecular complexity index is 1330. The third-order valence-corrected chi connectivity index (χ3v) is 6.36. The van der Waals surface area contributed by atoms with Crippen molar-refractivity contribution in [3.8, 4) is 5.75 Å². The van der Waals surface area contributed by atoms with Crippen LogP contribution in [0.15, 0.2) is 34.0 Å². The predicted octanol–water partition coefficient (Wildman–Crippen LogP) is 5.07. The normalized spacial score (nSPS) is 14.6. The lowest BCUT2D eigenvalue weighted by atomic mass is 9.88. The number of nitrogens with zero attached hydrogens (tertiary/aromatic N) is 2. The van der Waals surface area contributed by atoms with Crippen LogP contribution < -0.4 is 0 Å². The number of carbonyl (C=O) groups excluding carboxylic acids is 2. The molecule has 1 aliphatic heterocycles. The second-order valence-corrected chi connectivity index (χ2v) is 8.72. The fourth-order valence-corrected chi connectivity index (χ4v) is 4.92. The van der Waals surface area contributed by atoms with Gasteiger partial charge >= 0.3 is 19.6 Å². The molecule has 0 atom stereocenters. The van der Waals surface area contributed by atoms with Crippen LogP contribution in [0.2, 0.25) is 0 Å². The fraction of sp³-hybridized carbons (Fsp3) is 0.370. The number of aromatic nitrogens is 1.